The number of hydrogen-bond donors (Lipinski definition) is 2. The third-order valence-electron chi connectivity index (χ3n) is 4.97. The Bertz CT molecular complexity index is 1320. The van der Waals surface area contributed by atoms with Gasteiger partial charge in [0.25, 0.3) is 5.91 Å². The highest BCUT2D eigenvalue weighted by molar-refractivity contribution is 6.30. The minimum atomic E-state index is -0.439. The highest BCUT2D eigenvalue weighted by Gasteiger charge is 2.18. The van der Waals surface area contributed by atoms with Crippen LogP contribution in [0.5, 0.6) is 5.75 Å². The van der Waals surface area contributed by atoms with E-state index in [2.05, 4.69) is 15.5 Å². The van der Waals surface area contributed by atoms with Gasteiger partial charge in [-0.25, -0.2) is 0 Å². The third-order valence-corrected chi connectivity index (χ3v) is 5.22. The van der Waals surface area contributed by atoms with Gasteiger partial charge in [0.1, 0.15) is 5.75 Å². The lowest BCUT2D eigenvalue weighted by Crippen LogP contribution is -2.16. The van der Waals surface area contributed by atoms with Gasteiger partial charge in [-0.15, -0.1) is 5.11 Å². The zero-order valence-corrected chi connectivity index (χ0v) is 18.3. The summed E-state index contributed by atoms with van der Waals surface area (Å²) in [6.07, 6.45) is 0. The van der Waals surface area contributed by atoms with Gasteiger partial charge < -0.3 is 15.3 Å². The molecule has 0 bridgehead atoms. The standard InChI is InChI=1S/C25H21ClN4O2/c1-30(2)23-10-6-5-9-21(23)27-25(32)20-15-22(18-7-3-4-8-19(18)24(20)31)29-28-17-13-11-16(26)12-14-17/h3-15,31H,1-2H3,(H,27,32). The number of fused-ring (bicyclic) bond motifs is 1. The normalized spacial score (nSPS) is 11.1. The highest BCUT2D eigenvalue weighted by atomic mass is 35.5. The molecular weight excluding hydrogens is 424 g/mol. The SMILES string of the molecule is CN(C)c1ccccc1NC(=O)c1cc(N=Nc2ccc(Cl)cc2)c2ccccc2c1O. The topological polar surface area (TPSA) is 77.3 Å². The fourth-order valence-corrected chi connectivity index (χ4v) is 3.50. The number of phenolic OH excluding ortho intramolecular Hbond substituents is 1. The molecule has 0 aliphatic rings. The lowest BCUT2D eigenvalue weighted by Gasteiger charge is -2.18. The van der Waals surface area contributed by atoms with Gasteiger partial charge in [-0.3, -0.25) is 4.79 Å². The van der Waals surface area contributed by atoms with Gasteiger partial charge in [0.2, 0.25) is 0 Å². The second kappa shape index (κ2) is 9.08. The summed E-state index contributed by atoms with van der Waals surface area (Å²) in [7, 11) is 3.79. The number of nitrogens with zero attached hydrogens (tertiary/aromatic N) is 3. The van der Waals surface area contributed by atoms with Crippen LogP contribution in [0.15, 0.2) is 89.1 Å². The number of aromatic hydroxyl groups is 1. The van der Waals surface area contributed by atoms with Gasteiger partial charge >= 0.3 is 0 Å². The first kappa shape index (κ1) is 21.3. The molecule has 0 radical (unpaired) electrons. The molecule has 1 amide bonds. The van der Waals surface area contributed by atoms with Crippen LogP contribution in [0.25, 0.3) is 10.8 Å². The van der Waals surface area contributed by atoms with Gasteiger partial charge in [0.15, 0.2) is 0 Å². The second-order valence-corrected chi connectivity index (χ2v) is 7.82. The van der Waals surface area contributed by atoms with Crippen molar-refractivity contribution in [2.45, 2.75) is 0 Å². The lowest BCUT2D eigenvalue weighted by atomic mass is 10.0. The Kier molecular flexibility index (Phi) is 6.05. The van der Waals surface area contributed by atoms with E-state index in [4.69, 9.17) is 11.6 Å². The average Bonchev–Trinajstić information content (AvgIpc) is 2.80. The molecule has 7 heteroatoms. The molecule has 0 unspecified atom stereocenters. The number of azo groups is 1. The molecule has 0 fully saturated rings. The molecule has 4 aromatic rings. The monoisotopic (exact) mass is 444 g/mol. The number of nitrogens with one attached hydrogen (secondary N) is 1. The molecule has 0 spiro atoms. The molecule has 0 aliphatic carbocycles. The Labute approximate surface area is 190 Å². The summed E-state index contributed by atoms with van der Waals surface area (Å²) in [5.74, 6) is -0.545. The van der Waals surface area contributed by atoms with Crippen molar-refractivity contribution in [2.24, 2.45) is 10.2 Å². The van der Waals surface area contributed by atoms with E-state index in [1.807, 2.05) is 55.4 Å². The molecule has 0 atom stereocenters. The number of phenols is 1. The number of carbonyl (C=O) groups excluding carboxylic acids is 1. The minimum Gasteiger partial charge on any atom is -0.506 e. The van der Waals surface area contributed by atoms with Gasteiger partial charge in [0, 0.05) is 29.9 Å². The Morgan fingerprint density at radius 2 is 1.56 bits per heavy atom. The van der Waals surface area contributed by atoms with Crippen molar-refractivity contribution in [1.29, 1.82) is 0 Å². The van der Waals surface area contributed by atoms with Crippen molar-refractivity contribution >= 4 is 51.0 Å². The van der Waals surface area contributed by atoms with Crippen LogP contribution in [-0.2, 0) is 0 Å². The van der Waals surface area contributed by atoms with E-state index in [-0.39, 0.29) is 11.3 Å². The molecule has 4 rings (SSSR count). The molecule has 0 saturated carbocycles. The summed E-state index contributed by atoms with van der Waals surface area (Å²) in [6, 6.07) is 23.2. The maximum absolute atomic E-state index is 13.1. The van der Waals surface area contributed by atoms with E-state index in [1.165, 1.54) is 0 Å². The zero-order chi connectivity index (χ0) is 22.7. The molecule has 2 N–H and O–H groups in total. The molecule has 32 heavy (non-hydrogen) atoms. The quantitative estimate of drug-likeness (QED) is 0.327. The first-order chi connectivity index (χ1) is 15.4. The van der Waals surface area contributed by atoms with E-state index < -0.39 is 5.91 Å². The molecular formula is C25H21ClN4O2. The molecule has 6 nitrogen and oxygen atoms in total. The fourth-order valence-electron chi connectivity index (χ4n) is 3.38. The van der Waals surface area contributed by atoms with Crippen LogP contribution in [0.1, 0.15) is 10.4 Å². The van der Waals surface area contributed by atoms with Crippen molar-refractivity contribution in [3.05, 3.63) is 89.4 Å². The summed E-state index contributed by atoms with van der Waals surface area (Å²) in [6.45, 7) is 0. The van der Waals surface area contributed by atoms with E-state index in [1.54, 1.807) is 42.5 Å². The van der Waals surface area contributed by atoms with Crippen molar-refractivity contribution in [3.8, 4) is 5.75 Å². The number of para-hydroxylation sites is 2. The van der Waals surface area contributed by atoms with Crippen molar-refractivity contribution < 1.29 is 9.90 Å². The first-order valence-corrected chi connectivity index (χ1v) is 10.3. The number of benzene rings is 4. The Balaban J connectivity index is 1.76. The van der Waals surface area contributed by atoms with Crippen LogP contribution in [0.3, 0.4) is 0 Å². The van der Waals surface area contributed by atoms with Gasteiger partial charge in [-0.2, -0.15) is 5.11 Å². The van der Waals surface area contributed by atoms with Crippen molar-refractivity contribution in [1.82, 2.24) is 0 Å². The Morgan fingerprint density at radius 3 is 2.28 bits per heavy atom. The summed E-state index contributed by atoms with van der Waals surface area (Å²) < 4.78 is 0. The van der Waals surface area contributed by atoms with Gasteiger partial charge in [-0.05, 0) is 42.5 Å². The summed E-state index contributed by atoms with van der Waals surface area (Å²) >= 11 is 5.93. The highest BCUT2D eigenvalue weighted by Crippen LogP contribution is 2.37. The van der Waals surface area contributed by atoms with Gasteiger partial charge in [0.05, 0.1) is 28.3 Å². The Hall–Kier alpha value is -3.90. The van der Waals surface area contributed by atoms with E-state index in [0.717, 1.165) is 5.69 Å². The predicted molar refractivity (Wildman–Crippen MR) is 130 cm³/mol. The maximum Gasteiger partial charge on any atom is 0.259 e. The number of rotatable bonds is 5. The first-order valence-electron chi connectivity index (χ1n) is 9.94. The summed E-state index contributed by atoms with van der Waals surface area (Å²) in [4.78, 5) is 15.0. The lowest BCUT2D eigenvalue weighted by molar-refractivity contribution is 0.102. The number of carbonyl (C=O) groups is 1. The van der Waals surface area contributed by atoms with E-state index >= 15 is 0 Å². The number of halogens is 1. The summed E-state index contributed by atoms with van der Waals surface area (Å²) in [5.41, 5.74) is 2.70. The van der Waals surface area contributed by atoms with Crippen LogP contribution in [-0.4, -0.2) is 25.1 Å². The average molecular weight is 445 g/mol. The van der Waals surface area contributed by atoms with Crippen LogP contribution in [0.2, 0.25) is 5.02 Å². The zero-order valence-electron chi connectivity index (χ0n) is 17.6. The molecule has 0 saturated heterocycles. The van der Waals surface area contributed by atoms with Crippen LogP contribution in [0, 0.1) is 0 Å². The number of hydrogen-bond acceptors (Lipinski definition) is 5. The minimum absolute atomic E-state index is 0.106. The van der Waals surface area contributed by atoms with Gasteiger partial charge in [-0.1, -0.05) is 48.0 Å². The molecule has 160 valence electrons. The van der Waals surface area contributed by atoms with E-state index in [9.17, 15) is 9.90 Å². The molecule has 0 aromatic heterocycles. The third kappa shape index (κ3) is 4.40. The Morgan fingerprint density at radius 1 is 0.906 bits per heavy atom. The van der Waals surface area contributed by atoms with Crippen LogP contribution in [0.4, 0.5) is 22.7 Å². The smallest absolute Gasteiger partial charge is 0.259 e. The molecule has 0 heterocycles. The number of anilines is 2. The largest absolute Gasteiger partial charge is 0.506 e. The van der Waals surface area contributed by atoms with Crippen LogP contribution >= 0.6 is 11.6 Å². The van der Waals surface area contributed by atoms with Crippen molar-refractivity contribution in [2.75, 3.05) is 24.3 Å². The molecule has 0 aliphatic heterocycles. The molecule has 4 aromatic carbocycles. The van der Waals surface area contributed by atoms with E-state index in [0.29, 0.717) is 32.9 Å². The number of amides is 1. The second-order valence-electron chi connectivity index (χ2n) is 7.38. The van der Waals surface area contributed by atoms with Crippen LogP contribution < -0.4 is 10.2 Å². The summed E-state index contributed by atoms with van der Waals surface area (Å²) in [5, 5.41) is 24.2. The maximum atomic E-state index is 13.1. The predicted octanol–water partition coefficient (Wildman–Crippen LogP) is 6.93. The fraction of sp³-hybridized carbons (Fsp3) is 0.0800. The van der Waals surface area contributed by atoms with Crippen molar-refractivity contribution in [3.63, 3.8) is 0 Å².